The number of piperazine rings is 1. The summed E-state index contributed by atoms with van der Waals surface area (Å²) in [6, 6.07) is 16.6. The quantitative estimate of drug-likeness (QED) is 0.694. The van der Waals surface area contributed by atoms with Crippen molar-refractivity contribution in [3.63, 3.8) is 0 Å². The van der Waals surface area contributed by atoms with Gasteiger partial charge in [0, 0.05) is 38.8 Å². The maximum Gasteiger partial charge on any atom is 0.236 e. The number of halogens is 1. The second kappa shape index (κ2) is 9.06. The molecule has 0 aromatic heterocycles. The molecule has 1 saturated carbocycles. The van der Waals surface area contributed by atoms with Gasteiger partial charge in [0.1, 0.15) is 5.75 Å². The number of para-hydroxylation sites is 1. The van der Waals surface area contributed by atoms with Gasteiger partial charge in [0.2, 0.25) is 5.91 Å². The van der Waals surface area contributed by atoms with Crippen molar-refractivity contribution >= 4 is 23.2 Å². The van der Waals surface area contributed by atoms with E-state index in [-0.39, 0.29) is 5.91 Å². The Morgan fingerprint density at radius 1 is 1.07 bits per heavy atom. The topological polar surface area (TPSA) is 36.0 Å². The summed E-state index contributed by atoms with van der Waals surface area (Å²) < 4.78 is 5.24. The molecular weight excluding hydrogens is 386 g/mol. The number of carbonyl (C=O) groups is 1. The Morgan fingerprint density at radius 3 is 2.38 bits per heavy atom. The summed E-state index contributed by atoms with van der Waals surface area (Å²) in [7, 11) is 1.68. The van der Waals surface area contributed by atoms with E-state index in [0.29, 0.717) is 12.6 Å². The molecule has 1 aliphatic carbocycles. The van der Waals surface area contributed by atoms with Gasteiger partial charge in [0.25, 0.3) is 0 Å². The van der Waals surface area contributed by atoms with Gasteiger partial charge in [-0.05, 0) is 42.7 Å². The fraction of sp³-hybridized carbons (Fsp3) is 0.435. The Kier molecular flexibility index (Phi) is 6.26. The van der Waals surface area contributed by atoms with Gasteiger partial charge in [0.15, 0.2) is 0 Å². The van der Waals surface area contributed by atoms with Crippen LogP contribution in [0.25, 0.3) is 0 Å². The molecule has 5 nitrogen and oxygen atoms in total. The Balaban J connectivity index is 1.32. The number of hydrogen-bond donors (Lipinski definition) is 0. The third-order valence-electron chi connectivity index (χ3n) is 5.77. The van der Waals surface area contributed by atoms with Crippen molar-refractivity contribution in [3.05, 3.63) is 59.1 Å². The number of methoxy groups -OCH3 is 1. The monoisotopic (exact) mass is 413 g/mol. The lowest BCUT2D eigenvalue weighted by molar-refractivity contribution is -0.133. The Labute approximate surface area is 177 Å². The SMILES string of the molecule is COc1ccc(CN(CC(=O)N2CCN(c3ccccc3Cl)CC2)C2CC2)cc1. The van der Waals surface area contributed by atoms with Crippen LogP contribution in [0.3, 0.4) is 0 Å². The van der Waals surface area contributed by atoms with Crippen LogP contribution in [0.5, 0.6) is 5.75 Å². The van der Waals surface area contributed by atoms with Crippen LogP contribution >= 0.6 is 11.6 Å². The Bertz CT molecular complexity index is 830. The van der Waals surface area contributed by atoms with E-state index in [0.717, 1.165) is 49.2 Å². The van der Waals surface area contributed by atoms with Crippen LogP contribution in [0.2, 0.25) is 5.02 Å². The highest BCUT2D eigenvalue weighted by Crippen LogP contribution is 2.29. The van der Waals surface area contributed by atoms with E-state index in [9.17, 15) is 4.79 Å². The van der Waals surface area contributed by atoms with Crippen molar-refractivity contribution in [1.29, 1.82) is 0 Å². The first-order valence-electron chi connectivity index (χ1n) is 10.3. The highest BCUT2D eigenvalue weighted by atomic mass is 35.5. The van der Waals surface area contributed by atoms with Gasteiger partial charge < -0.3 is 14.5 Å². The second-order valence-corrected chi connectivity index (χ2v) is 8.21. The van der Waals surface area contributed by atoms with Crippen LogP contribution < -0.4 is 9.64 Å². The molecule has 0 unspecified atom stereocenters. The summed E-state index contributed by atoms with van der Waals surface area (Å²) in [5, 5.41) is 0.770. The standard InChI is InChI=1S/C23H28ClN3O2/c1-29-20-10-6-18(7-11-20)16-27(19-8-9-19)17-23(28)26-14-12-25(13-15-26)22-5-3-2-4-21(22)24/h2-7,10-11,19H,8-9,12-17H2,1H3. The molecule has 0 bridgehead atoms. The molecule has 2 aliphatic rings. The molecule has 6 heteroatoms. The molecule has 2 aromatic carbocycles. The number of nitrogens with zero attached hydrogens (tertiary/aromatic N) is 3. The summed E-state index contributed by atoms with van der Waals surface area (Å²) in [6.45, 7) is 4.41. The third kappa shape index (κ3) is 5.03. The van der Waals surface area contributed by atoms with Crippen LogP contribution in [0.4, 0.5) is 5.69 Å². The summed E-state index contributed by atoms with van der Waals surface area (Å²) in [5.41, 5.74) is 2.27. The molecule has 29 heavy (non-hydrogen) atoms. The zero-order chi connectivity index (χ0) is 20.2. The summed E-state index contributed by atoms with van der Waals surface area (Å²) in [6.07, 6.45) is 2.37. The van der Waals surface area contributed by atoms with E-state index in [1.807, 2.05) is 41.3 Å². The Hall–Kier alpha value is -2.24. The molecule has 2 fully saturated rings. The molecule has 1 heterocycles. The van der Waals surface area contributed by atoms with Crippen molar-refractivity contribution in [3.8, 4) is 5.75 Å². The largest absolute Gasteiger partial charge is 0.497 e. The van der Waals surface area contributed by atoms with Gasteiger partial charge >= 0.3 is 0 Å². The highest BCUT2D eigenvalue weighted by Gasteiger charge is 2.32. The van der Waals surface area contributed by atoms with Gasteiger partial charge in [-0.15, -0.1) is 0 Å². The fourth-order valence-electron chi connectivity index (χ4n) is 3.90. The van der Waals surface area contributed by atoms with Crippen LogP contribution in [0.15, 0.2) is 48.5 Å². The van der Waals surface area contributed by atoms with Crippen molar-refractivity contribution in [1.82, 2.24) is 9.80 Å². The molecule has 1 amide bonds. The minimum atomic E-state index is 0.226. The molecular formula is C23H28ClN3O2. The molecule has 0 radical (unpaired) electrons. The van der Waals surface area contributed by atoms with Crippen molar-refractivity contribution in [2.45, 2.75) is 25.4 Å². The maximum absolute atomic E-state index is 13.0. The number of anilines is 1. The number of rotatable bonds is 7. The molecule has 154 valence electrons. The lowest BCUT2D eigenvalue weighted by atomic mass is 10.2. The summed E-state index contributed by atoms with van der Waals surface area (Å²) in [4.78, 5) is 19.5. The normalized spacial score (nSPS) is 16.9. The van der Waals surface area contributed by atoms with Crippen LogP contribution in [0, 0.1) is 0 Å². The molecule has 1 saturated heterocycles. The zero-order valence-electron chi connectivity index (χ0n) is 16.9. The number of carbonyl (C=O) groups excluding carboxylic acids is 1. The number of ether oxygens (including phenoxy) is 1. The zero-order valence-corrected chi connectivity index (χ0v) is 17.6. The smallest absolute Gasteiger partial charge is 0.236 e. The average molecular weight is 414 g/mol. The third-order valence-corrected chi connectivity index (χ3v) is 6.09. The Morgan fingerprint density at radius 2 is 1.76 bits per heavy atom. The first-order chi connectivity index (χ1) is 14.1. The summed E-state index contributed by atoms with van der Waals surface area (Å²) >= 11 is 6.33. The van der Waals surface area contributed by atoms with E-state index >= 15 is 0 Å². The van der Waals surface area contributed by atoms with Gasteiger partial charge in [-0.25, -0.2) is 0 Å². The summed E-state index contributed by atoms with van der Waals surface area (Å²) in [5.74, 6) is 1.09. The van der Waals surface area contributed by atoms with Crippen molar-refractivity contribution in [2.24, 2.45) is 0 Å². The first-order valence-corrected chi connectivity index (χ1v) is 10.7. The van der Waals surface area contributed by atoms with Crippen LogP contribution in [-0.4, -0.2) is 61.6 Å². The van der Waals surface area contributed by atoms with E-state index in [4.69, 9.17) is 16.3 Å². The minimum absolute atomic E-state index is 0.226. The number of benzene rings is 2. The first kappa shape index (κ1) is 20.0. The maximum atomic E-state index is 13.0. The van der Waals surface area contributed by atoms with E-state index in [1.165, 1.54) is 18.4 Å². The minimum Gasteiger partial charge on any atom is -0.497 e. The molecule has 0 atom stereocenters. The van der Waals surface area contributed by atoms with E-state index in [2.05, 4.69) is 21.9 Å². The lowest BCUT2D eigenvalue weighted by Gasteiger charge is -2.37. The van der Waals surface area contributed by atoms with Crippen LogP contribution in [0.1, 0.15) is 18.4 Å². The van der Waals surface area contributed by atoms with Gasteiger partial charge in [-0.1, -0.05) is 35.9 Å². The van der Waals surface area contributed by atoms with Crippen molar-refractivity contribution in [2.75, 3.05) is 44.7 Å². The molecule has 2 aromatic rings. The molecule has 1 aliphatic heterocycles. The highest BCUT2D eigenvalue weighted by molar-refractivity contribution is 6.33. The average Bonchev–Trinajstić information content (AvgIpc) is 3.60. The second-order valence-electron chi connectivity index (χ2n) is 7.80. The predicted octanol–water partition coefficient (Wildman–Crippen LogP) is 3.66. The van der Waals surface area contributed by atoms with Crippen molar-refractivity contribution < 1.29 is 9.53 Å². The molecule has 0 N–H and O–H groups in total. The van der Waals surface area contributed by atoms with Crippen LogP contribution in [-0.2, 0) is 11.3 Å². The number of hydrogen-bond acceptors (Lipinski definition) is 4. The van der Waals surface area contributed by atoms with Gasteiger partial charge in [-0.2, -0.15) is 0 Å². The molecule has 4 rings (SSSR count). The predicted molar refractivity (Wildman–Crippen MR) is 117 cm³/mol. The lowest BCUT2D eigenvalue weighted by Crippen LogP contribution is -2.51. The molecule has 0 spiro atoms. The number of amides is 1. The van der Waals surface area contributed by atoms with Gasteiger partial charge in [0.05, 0.1) is 24.4 Å². The van der Waals surface area contributed by atoms with E-state index < -0.39 is 0 Å². The van der Waals surface area contributed by atoms with Gasteiger partial charge in [-0.3, -0.25) is 9.69 Å². The van der Waals surface area contributed by atoms with E-state index in [1.54, 1.807) is 7.11 Å². The fourth-order valence-corrected chi connectivity index (χ4v) is 4.15.